The number of anilines is 1. The van der Waals surface area contributed by atoms with Gasteiger partial charge in [-0.2, -0.15) is 0 Å². The Morgan fingerprint density at radius 3 is 2.94 bits per heavy atom. The Labute approximate surface area is 96.0 Å². The third-order valence-corrected chi connectivity index (χ3v) is 3.33. The van der Waals surface area contributed by atoms with Gasteiger partial charge in [-0.15, -0.1) is 0 Å². The van der Waals surface area contributed by atoms with E-state index in [-0.39, 0.29) is 11.6 Å². The van der Waals surface area contributed by atoms with Gasteiger partial charge in [0.05, 0.1) is 11.6 Å². The SMILES string of the molecule is Cc1cnc(N)c(C(N)C2(C)CCCO2)c1. The Morgan fingerprint density at radius 2 is 2.31 bits per heavy atom. The molecule has 16 heavy (non-hydrogen) atoms. The molecular weight excluding hydrogens is 202 g/mol. The van der Waals surface area contributed by atoms with Gasteiger partial charge in [0.25, 0.3) is 0 Å². The summed E-state index contributed by atoms with van der Waals surface area (Å²) in [5.41, 5.74) is 13.8. The normalized spacial score (nSPS) is 26.9. The van der Waals surface area contributed by atoms with Crippen LogP contribution in [0.3, 0.4) is 0 Å². The van der Waals surface area contributed by atoms with Crippen LogP contribution in [0.15, 0.2) is 12.3 Å². The van der Waals surface area contributed by atoms with Gasteiger partial charge in [0.1, 0.15) is 5.82 Å². The van der Waals surface area contributed by atoms with Crippen molar-refractivity contribution in [2.24, 2.45) is 5.73 Å². The van der Waals surface area contributed by atoms with E-state index in [1.807, 2.05) is 19.9 Å². The highest BCUT2D eigenvalue weighted by molar-refractivity contribution is 5.44. The fourth-order valence-electron chi connectivity index (χ4n) is 2.23. The zero-order valence-electron chi connectivity index (χ0n) is 9.86. The minimum Gasteiger partial charge on any atom is -0.383 e. The number of nitrogens with two attached hydrogens (primary N) is 2. The van der Waals surface area contributed by atoms with E-state index < -0.39 is 0 Å². The lowest BCUT2D eigenvalue weighted by Crippen LogP contribution is -2.38. The predicted octanol–water partition coefficient (Wildman–Crippen LogP) is 1.54. The number of pyridine rings is 1. The second kappa shape index (κ2) is 4.03. The molecule has 0 radical (unpaired) electrons. The van der Waals surface area contributed by atoms with E-state index in [4.69, 9.17) is 16.2 Å². The lowest BCUT2D eigenvalue weighted by molar-refractivity contribution is -0.00164. The van der Waals surface area contributed by atoms with Crippen LogP contribution in [0.2, 0.25) is 0 Å². The van der Waals surface area contributed by atoms with Crippen LogP contribution in [-0.4, -0.2) is 17.2 Å². The Hall–Kier alpha value is -1.13. The molecule has 4 N–H and O–H groups in total. The van der Waals surface area contributed by atoms with Crippen molar-refractivity contribution < 1.29 is 4.74 Å². The van der Waals surface area contributed by atoms with Gasteiger partial charge >= 0.3 is 0 Å². The van der Waals surface area contributed by atoms with Crippen LogP contribution in [0, 0.1) is 6.92 Å². The molecule has 4 nitrogen and oxygen atoms in total. The molecule has 0 amide bonds. The summed E-state index contributed by atoms with van der Waals surface area (Å²) in [7, 11) is 0. The molecule has 1 aliphatic heterocycles. The molecule has 0 aromatic carbocycles. The quantitative estimate of drug-likeness (QED) is 0.794. The third-order valence-electron chi connectivity index (χ3n) is 3.33. The summed E-state index contributed by atoms with van der Waals surface area (Å²) < 4.78 is 5.74. The number of nitrogens with zero attached hydrogens (tertiary/aromatic N) is 1. The molecule has 2 heterocycles. The van der Waals surface area contributed by atoms with Gasteiger partial charge in [-0.25, -0.2) is 4.98 Å². The fraction of sp³-hybridized carbons (Fsp3) is 0.583. The molecule has 1 aromatic heterocycles. The highest BCUT2D eigenvalue weighted by atomic mass is 16.5. The zero-order chi connectivity index (χ0) is 11.8. The molecule has 88 valence electrons. The first-order chi connectivity index (χ1) is 7.53. The van der Waals surface area contributed by atoms with E-state index in [1.54, 1.807) is 6.20 Å². The minimum absolute atomic E-state index is 0.206. The molecule has 0 aliphatic carbocycles. The van der Waals surface area contributed by atoms with Crippen molar-refractivity contribution >= 4 is 5.82 Å². The molecule has 0 spiro atoms. The number of aryl methyl sites for hydroxylation is 1. The lowest BCUT2D eigenvalue weighted by atomic mass is 9.88. The maximum atomic E-state index is 6.26. The summed E-state index contributed by atoms with van der Waals surface area (Å²) >= 11 is 0. The molecule has 1 aromatic rings. The summed E-state index contributed by atoms with van der Waals surface area (Å²) in [6, 6.07) is 1.79. The van der Waals surface area contributed by atoms with Crippen LogP contribution in [0.5, 0.6) is 0 Å². The first kappa shape index (κ1) is 11.4. The van der Waals surface area contributed by atoms with E-state index in [9.17, 15) is 0 Å². The molecular formula is C12H19N3O. The summed E-state index contributed by atoms with van der Waals surface area (Å²) in [6.45, 7) is 4.82. The Kier molecular flexibility index (Phi) is 2.86. The van der Waals surface area contributed by atoms with Gasteiger partial charge < -0.3 is 16.2 Å². The highest BCUT2D eigenvalue weighted by Gasteiger charge is 2.38. The van der Waals surface area contributed by atoms with Crippen molar-refractivity contribution in [2.45, 2.75) is 38.3 Å². The van der Waals surface area contributed by atoms with Crippen molar-refractivity contribution in [3.8, 4) is 0 Å². The number of hydrogen-bond donors (Lipinski definition) is 2. The number of ether oxygens (including phenoxy) is 1. The smallest absolute Gasteiger partial charge is 0.128 e. The topological polar surface area (TPSA) is 74.2 Å². The van der Waals surface area contributed by atoms with Crippen molar-refractivity contribution in [3.63, 3.8) is 0 Å². The van der Waals surface area contributed by atoms with Gasteiger partial charge in [0, 0.05) is 18.4 Å². The number of nitrogen functional groups attached to an aromatic ring is 1. The van der Waals surface area contributed by atoms with Crippen LogP contribution >= 0.6 is 0 Å². The largest absolute Gasteiger partial charge is 0.383 e. The Balaban J connectivity index is 2.32. The predicted molar refractivity (Wildman–Crippen MR) is 63.9 cm³/mol. The molecule has 1 saturated heterocycles. The first-order valence-electron chi connectivity index (χ1n) is 5.64. The summed E-state index contributed by atoms with van der Waals surface area (Å²) in [5.74, 6) is 0.509. The second-order valence-electron chi connectivity index (χ2n) is 4.73. The van der Waals surface area contributed by atoms with Crippen LogP contribution in [0.4, 0.5) is 5.82 Å². The van der Waals surface area contributed by atoms with Crippen molar-refractivity contribution in [1.29, 1.82) is 0 Å². The second-order valence-corrected chi connectivity index (χ2v) is 4.73. The maximum absolute atomic E-state index is 6.26. The van der Waals surface area contributed by atoms with Crippen LogP contribution in [-0.2, 0) is 4.74 Å². The third kappa shape index (κ3) is 1.90. The molecule has 0 saturated carbocycles. The number of aromatic nitrogens is 1. The lowest BCUT2D eigenvalue weighted by Gasteiger charge is -2.31. The number of rotatable bonds is 2. The average molecular weight is 221 g/mol. The van der Waals surface area contributed by atoms with Crippen LogP contribution in [0.1, 0.15) is 36.9 Å². The Morgan fingerprint density at radius 1 is 1.56 bits per heavy atom. The van der Waals surface area contributed by atoms with Crippen molar-refractivity contribution in [1.82, 2.24) is 4.98 Å². The van der Waals surface area contributed by atoms with Gasteiger partial charge in [-0.1, -0.05) is 0 Å². The van der Waals surface area contributed by atoms with E-state index >= 15 is 0 Å². The van der Waals surface area contributed by atoms with Crippen molar-refractivity contribution in [3.05, 3.63) is 23.4 Å². The van der Waals surface area contributed by atoms with Gasteiger partial charge in [-0.3, -0.25) is 0 Å². The molecule has 2 rings (SSSR count). The Bertz CT molecular complexity index is 386. The first-order valence-corrected chi connectivity index (χ1v) is 5.64. The van der Waals surface area contributed by atoms with Gasteiger partial charge in [0.15, 0.2) is 0 Å². The van der Waals surface area contributed by atoms with Crippen molar-refractivity contribution in [2.75, 3.05) is 12.3 Å². The molecule has 2 unspecified atom stereocenters. The highest BCUT2D eigenvalue weighted by Crippen LogP contribution is 2.37. The zero-order valence-corrected chi connectivity index (χ0v) is 9.86. The standard InChI is InChI=1S/C12H19N3O/c1-8-6-9(11(14)15-7-8)10(13)12(2)4-3-5-16-12/h6-7,10H,3-5,13H2,1-2H3,(H2,14,15). The average Bonchev–Trinajstić information content (AvgIpc) is 2.69. The van der Waals surface area contributed by atoms with Crippen LogP contribution in [0.25, 0.3) is 0 Å². The molecule has 0 bridgehead atoms. The van der Waals surface area contributed by atoms with Crippen LogP contribution < -0.4 is 11.5 Å². The van der Waals surface area contributed by atoms with Gasteiger partial charge in [0.2, 0.25) is 0 Å². The molecule has 1 fully saturated rings. The van der Waals surface area contributed by atoms with E-state index in [0.717, 1.165) is 30.6 Å². The number of hydrogen-bond acceptors (Lipinski definition) is 4. The maximum Gasteiger partial charge on any atom is 0.128 e. The van der Waals surface area contributed by atoms with E-state index in [1.165, 1.54) is 0 Å². The fourth-order valence-corrected chi connectivity index (χ4v) is 2.23. The summed E-state index contributed by atoms with van der Waals surface area (Å²) in [6.07, 6.45) is 3.79. The molecule has 1 aliphatic rings. The monoisotopic (exact) mass is 221 g/mol. The molecule has 4 heteroatoms. The van der Waals surface area contributed by atoms with E-state index in [2.05, 4.69) is 4.98 Å². The molecule has 2 atom stereocenters. The van der Waals surface area contributed by atoms with Gasteiger partial charge in [-0.05, 0) is 38.3 Å². The minimum atomic E-state index is -0.302. The van der Waals surface area contributed by atoms with E-state index in [0.29, 0.717) is 5.82 Å². The summed E-state index contributed by atoms with van der Waals surface area (Å²) in [5, 5.41) is 0. The summed E-state index contributed by atoms with van der Waals surface area (Å²) in [4.78, 5) is 4.14.